The van der Waals surface area contributed by atoms with Gasteiger partial charge in [-0.1, -0.05) is 24.3 Å². The number of para-hydroxylation sites is 1. The van der Waals surface area contributed by atoms with Gasteiger partial charge in [0.2, 0.25) is 0 Å². The number of rotatable bonds is 2. The molecule has 2 aromatic carbocycles. The van der Waals surface area contributed by atoms with E-state index < -0.39 is 0 Å². The van der Waals surface area contributed by atoms with Crippen molar-refractivity contribution in [3.63, 3.8) is 0 Å². The smallest absolute Gasteiger partial charge is 0.173 e. The van der Waals surface area contributed by atoms with Crippen LogP contribution in [0, 0.1) is 0 Å². The molecule has 0 aromatic heterocycles. The number of piperazine rings is 1. The third kappa shape index (κ3) is 4.22. The number of phenolic OH excluding ortho intramolecular Hbond substituents is 1. The average molecular weight is 395 g/mol. The first-order valence-corrected chi connectivity index (χ1v) is 10.2. The first-order chi connectivity index (χ1) is 13.7. The number of nitrogens with one attached hydrogen (secondary N) is 2. The van der Waals surface area contributed by atoms with Crippen molar-refractivity contribution in [2.45, 2.75) is 12.8 Å². The van der Waals surface area contributed by atoms with Gasteiger partial charge >= 0.3 is 0 Å². The van der Waals surface area contributed by atoms with E-state index in [0.717, 1.165) is 56.4 Å². The van der Waals surface area contributed by atoms with Gasteiger partial charge in [0.1, 0.15) is 5.75 Å². The second-order valence-corrected chi connectivity index (χ2v) is 7.58. The first-order valence-electron chi connectivity index (χ1n) is 9.82. The number of thiocarbonyl (C=S) groups is 1. The van der Waals surface area contributed by atoms with Gasteiger partial charge in [0.15, 0.2) is 5.11 Å². The summed E-state index contributed by atoms with van der Waals surface area (Å²) in [5.74, 6) is 0.307. The number of aromatic hydroxyl groups is 1. The SMILES string of the molecule is Oc1cccc(N2CCN(C(=S)N/C=C3/CCCNc4ccccc43)CC2)c1. The van der Waals surface area contributed by atoms with E-state index >= 15 is 0 Å². The van der Waals surface area contributed by atoms with Crippen molar-refractivity contribution in [2.24, 2.45) is 0 Å². The fourth-order valence-corrected chi connectivity index (χ4v) is 4.04. The maximum atomic E-state index is 9.69. The molecule has 0 amide bonds. The molecule has 2 aliphatic rings. The van der Waals surface area contributed by atoms with Crippen LogP contribution in [0.5, 0.6) is 5.75 Å². The summed E-state index contributed by atoms with van der Waals surface area (Å²) in [6.07, 6.45) is 4.22. The molecule has 3 N–H and O–H groups in total. The van der Waals surface area contributed by atoms with E-state index in [1.165, 1.54) is 16.8 Å². The van der Waals surface area contributed by atoms with Crippen molar-refractivity contribution < 1.29 is 5.11 Å². The Morgan fingerprint density at radius 3 is 2.71 bits per heavy atom. The Bertz CT molecular complexity index is 874. The van der Waals surface area contributed by atoms with Crippen molar-refractivity contribution in [3.05, 3.63) is 60.3 Å². The van der Waals surface area contributed by atoms with Gasteiger partial charge in [-0.2, -0.15) is 0 Å². The molecule has 0 aliphatic carbocycles. The summed E-state index contributed by atoms with van der Waals surface area (Å²) >= 11 is 5.65. The summed E-state index contributed by atoms with van der Waals surface area (Å²) in [6, 6.07) is 15.9. The zero-order chi connectivity index (χ0) is 19.3. The summed E-state index contributed by atoms with van der Waals surface area (Å²) in [4.78, 5) is 4.50. The van der Waals surface area contributed by atoms with E-state index in [4.69, 9.17) is 12.2 Å². The highest BCUT2D eigenvalue weighted by Gasteiger charge is 2.19. The van der Waals surface area contributed by atoms with Gasteiger partial charge < -0.3 is 25.5 Å². The van der Waals surface area contributed by atoms with Crippen LogP contribution in [0.3, 0.4) is 0 Å². The second kappa shape index (κ2) is 8.52. The van der Waals surface area contributed by atoms with Crippen LogP contribution in [-0.2, 0) is 0 Å². The molecule has 2 aromatic rings. The molecule has 6 heteroatoms. The Kier molecular flexibility index (Phi) is 5.67. The second-order valence-electron chi connectivity index (χ2n) is 7.19. The molecule has 2 heterocycles. The van der Waals surface area contributed by atoms with Crippen molar-refractivity contribution in [3.8, 4) is 5.75 Å². The molecule has 2 aliphatic heterocycles. The lowest BCUT2D eigenvalue weighted by Gasteiger charge is -2.37. The van der Waals surface area contributed by atoms with Crippen molar-refractivity contribution in [2.75, 3.05) is 42.9 Å². The molecule has 1 fully saturated rings. The Morgan fingerprint density at radius 1 is 1.07 bits per heavy atom. The van der Waals surface area contributed by atoms with E-state index in [2.05, 4.69) is 50.9 Å². The molecule has 146 valence electrons. The maximum Gasteiger partial charge on any atom is 0.173 e. The van der Waals surface area contributed by atoms with Crippen LogP contribution in [0.1, 0.15) is 18.4 Å². The van der Waals surface area contributed by atoms with Gasteiger partial charge in [-0.25, -0.2) is 0 Å². The van der Waals surface area contributed by atoms with Crippen LogP contribution in [0.25, 0.3) is 5.57 Å². The fourth-order valence-electron chi connectivity index (χ4n) is 3.80. The van der Waals surface area contributed by atoms with E-state index in [0.29, 0.717) is 5.75 Å². The molecule has 0 atom stereocenters. The van der Waals surface area contributed by atoms with Gasteiger partial charge in [-0.3, -0.25) is 0 Å². The molecule has 0 bridgehead atoms. The van der Waals surface area contributed by atoms with Crippen LogP contribution >= 0.6 is 12.2 Å². The van der Waals surface area contributed by atoms with Crippen molar-refractivity contribution >= 4 is 34.3 Å². The standard InChI is InChI=1S/C22H26N4OS/c27-19-7-3-6-18(15-19)25-11-13-26(14-12-25)22(28)24-16-17-5-4-10-23-21-9-2-1-8-20(17)21/h1-3,6-9,15-16,23,27H,4-5,10-14H2,(H,24,28)/b17-16-. The summed E-state index contributed by atoms with van der Waals surface area (Å²) in [7, 11) is 0. The number of phenols is 1. The molecule has 0 spiro atoms. The van der Waals surface area contributed by atoms with Gasteiger partial charge in [0.25, 0.3) is 0 Å². The first kappa shape index (κ1) is 18.6. The fraction of sp³-hybridized carbons (Fsp3) is 0.318. The Hall–Kier alpha value is -2.73. The van der Waals surface area contributed by atoms with Gasteiger partial charge in [-0.05, 0) is 48.8 Å². The Labute approximate surface area is 171 Å². The van der Waals surface area contributed by atoms with Crippen LogP contribution in [0.2, 0.25) is 0 Å². The highest BCUT2D eigenvalue weighted by molar-refractivity contribution is 7.80. The molecule has 0 radical (unpaired) electrons. The van der Waals surface area contributed by atoms with Crippen LogP contribution in [0.4, 0.5) is 11.4 Å². The lowest BCUT2D eigenvalue weighted by molar-refractivity contribution is 0.383. The van der Waals surface area contributed by atoms with Gasteiger partial charge in [-0.15, -0.1) is 0 Å². The number of anilines is 2. The van der Waals surface area contributed by atoms with Crippen LogP contribution in [-0.4, -0.2) is 47.8 Å². The molecule has 0 saturated carbocycles. The predicted octanol–water partition coefficient (Wildman–Crippen LogP) is 3.64. The number of allylic oxidation sites excluding steroid dienone is 1. The lowest BCUT2D eigenvalue weighted by atomic mass is 10.0. The van der Waals surface area contributed by atoms with Crippen molar-refractivity contribution in [1.29, 1.82) is 0 Å². The summed E-state index contributed by atoms with van der Waals surface area (Å²) in [6.45, 7) is 4.49. The molecule has 5 nitrogen and oxygen atoms in total. The van der Waals surface area contributed by atoms with Crippen molar-refractivity contribution in [1.82, 2.24) is 10.2 Å². The van der Waals surface area contributed by atoms with Crippen LogP contribution in [0.15, 0.2) is 54.7 Å². The average Bonchev–Trinajstić information content (AvgIpc) is 2.94. The zero-order valence-electron chi connectivity index (χ0n) is 15.9. The molecule has 4 rings (SSSR count). The monoisotopic (exact) mass is 394 g/mol. The number of fused-ring (bicyclic) bond motifs is 1. The van der Waals surface area contributed by atoms with Crippen LogP contribution < -0.4 is 15.5 Å². The number of hydrogen-bond acceptors (Lipinski definition) is 4. The highest BCUT2D eigenvalue weighted by Crippen LogP contribution is 2.29. The topological polar surface area (TPSA) is 50.8 Å². The minimum absolute atomic E-state index is 0.307. The summed E-state index contributed by atoms with van der Waals surface area (Å²) in [5.41, 5.74) is 4.80. The summed E-state index contributed by atoms with van der Waals surface area (Å²) < 4.78 is 0. The third-order valence-electron chi connectivity index (χ3n) is 5.34. The minimum atomic E-state index is 0.307. The molecule has 0 unspecified atom stereocenters. The molecular formula is C22H26N4OS. The number of benzene rings is 2. The lowest BCUT2D eigenvalue weighted by Crippen LogP contribution is -2.51. The summed E-state index contributed by atoms with van der Waals surface area (Å²) in [5, 5.41) is 17.3. The zero-order valence-corrected chi connectivity index (χ0v) is 16.7. The third-order valence-corrected chi connectivity index (χ3v) is 5.72. The predicted molar refractivity (Wildman–Crippen MR) is 120 cm³/mol. The quantitative estimate of drug-likeness (QED) is 0.676. The Morgan fingerprint density at radius 2 is 1.89 bits per heavy atom. The van der Waals surface area contributed by atoms with E-state index in [-0.39, 0.29) is 0 Å². The largest absolute Gasteiger partial charge is 0.508 e. The normalized spacial score (nSPS) is 18.2. The van der Waals surface area contributed by atoms with E-state index in [1.807, 2.05) is 18.2 Å². The minimum Gasteiger partial charge on any atom is -0.508 e. The molecule has 28 heavy (non-hydrogen) atoms. The van der Waals surface area contributed by atoms with Gasteiger partial charge in [0.05, 0.1) is 0 Å². The van der Waals surface area contributed by atoms with E-state index in [1.54, 1.807) is 6.07 Å². The number of nitrogens with zero attached hydrogens (tertiary/aromatic N) is 2. The van der Waals surface area contributed by atoms with E-state index in [9.17, 15) is 5.11 Å². The molecule has 1 saturated heterocycles. The number of hydrogen-bond donors (Lipinski definition) is 3. The highest BCUT2D eigenvalue weighted by atomic mass is 32.1. The maximum absolute atomic E-state index is 9.69. The van der Waals surface area contributed by atoms with Gasteiger partial charge in [0, 0.05) is 61.9 Å². The Balaban J connectivity index is 1.37. The molecular weight excluding hydrogens is 368 g/mol.